The highest BCUT2D eigenvalue weighted by atomic mass is 16.3. The maximum Gasteiger partial charge on any atom is 0.255 e. The van der Waals surface area contributed by atoms with Crippen LogP contribution in [-0.2, 0) is 20.8 Å². The molecule has 5 atom stereocenters. The molecule has 1 saturated carbocycles. The molecule has 0 heterocycles. The fourth-order valence-electron chi connectivity index (χ4n) is 6.60. The average Bonchev–Trinajstić information content (AvgIpc) is 2.74. The zero-order valence-electron chi connectivity index (χ0n) is 18.3. The van der Waals surface area contributed by atoms with Crippen molar-refractivity contribution in [1.29, 1.82) is 0 Å². The Morgan fingerprint density at radius 1 is 1.15 bits per heavy atom. The highest BCUT2D eigenvalue weighted by Gasteiger charge is 2.65. The van der Waals surface area contributed by atoms with Crippen LogP contribution >= 0.6 is 0 Å². The number of Topliss-reactive ketones (excluding diaryl/α,β-unsaturated/α-hetero) is 2. The Balaban J connectivity index is 1.79. The number of aryl methyl sites for hydroxylation is 1. The van der Waals surface area contributed by atoms with Crippen molar-refractivity contribution in [3.8, 4) is 5.75 Å². The molecule has 0 bridgehead atoms. The topological polar surface area (TPSA) is 161 Å². The lowest BCUT2D eigenvalue weighted by Gasteiger charge is -2.52. The Bertz CT molecular complexity index is 1200. The van der Waals surface area contributed by atoms with Crippen molar-refractivity contribution in [3.63, 3.8) is 0 Å². The zero-order chi connectivity index (χ0) is 24.0. The summed E-state index contributed by atoms with van der Waals surface area (Å²) in [6, 6.07) is 2.22. The van der Waals surface area contributed by atoms with Crippen LogP contribution in [0.2, 0.25) is 0 Å². The Morgan fingerprint density at radius 3 is 2.48 bits per heavy atom. The summed E-state index contributed by atoms with van der Waals surface area (Å²) in [6.07, 6.45) is 2.45. The van der Waals surface area contributed by atoms with Crippen molar-refractivity contribution in [2.24, 2.45) is 17.6 Å². The lowest BCUT2D eigenvalue weighted by atomic mass is 9.54. The molecule has 9 nitrogen and oxygen atoms in total. The summed E-state index contributed by atoms with van der Waals surface area (Å²) in [5, 5.41) is 44.2. The molecule has 0 spiro atoms. The summed E-state index contributed by atoms with van der Waals surface area (Å²) in [6.45, 7) is 0. The minimum atomic E-state index is -2.60. The van der Waals surface area contributed by atoms with E-state index in [-0.39, 0.29) is 29.2 Å². The SMILES string of the molecule is CN(C)[C@@H]1C(=O)C(C(N)=O)=C(O)[C@@]2(O)C(=O)C3=C(O)c4c(O)ccc5c4[C@H](CCC5)[C@H]3C[C@@H]12. The maximum atomic E-state index is 13.8. The van der Waals surface area contributed by atoms with E-state index in [1.54, 1.807) is 14.1 Å². The number of likely N-dealkylation sites (N-methyl/N-ethyl adjacent to an activating group) is 1. The first-order chi connectivity index (χ1) is 15.5. The third kappa shape index (κ3) is 2.57. The quantitative estimate of drug-likeness (QED) is 0.411. The number of carbonyl (C=O) groups is 3. The summed E-state index contributed by atoms with van der Waals surface area (Å²) in [5.41, 5.74) is 3.79. The monoisotopic (exact) mass is 454 g/mol. The first kappa shape index (κ1) is 21.7. The van der Waals surface area contributed by atoms with Gasteiger partial charge in [0, 0.05) is 11.5 Å². The van der Waals surface area contributed by atoms with Crippen molar-refractivity contribution in [1.82, 2.24) is 4.90 Å². The van der Waals surface area contributed by atoms with Gasteiger partial charge in [-0.3, -0.25) is 19.3 Å². The summed E-state index contributed by atoms with van der Waals surface area (Å²) in [5.74, 6) is -6.41. The number of aliphatic hydroxyl groups excluding tert-OH is 2. The molecule has 0 aliphatic heterocycles. The van der Waals surface area contributed by atoms with Crippen LogP contribution in [0.5, 0.6) is 5.75 Å². The standard InChI is InChI=1S/C24H26N2O7/c1-26(2)18-12-8-11-10-5-3-4-9-6-7-13(27)16(14(9)10)19(28)15(11)21(30)24(12,33)22(31)17(20(18)29)23(25)32/h6-7,10-12,18,27-28,31,33H,3-5,8H2,1-2H3,(H2,25,32)/t10-,11-,12+,18+,24+/m1/s1. The average molecular weight is 454 g/mol. The number of ketones is 2. The maximum absolute atomic E-state index is 13.8. The summed E-state index contributed by atoms with van der Waals surface area (Å²) < 4.78 is 0. The number of phenols is 1. The molecule has 1 amide bonds. The second-order valence-electron chi connectivity index (χ2n) is 9.70. The normalized spacial score (nSPS) is 33.1. The molecule has 0 unspecified atom stereocenters. The van der Waals surface area contributed by atoms with E-state index in [9.17, 15) is 34.8 Å². The highest BCUT2D eigenvalue weighted by Crippen LogP contribution is 2.58. The molecular weight excluding hydrogens is 428 g/mol. The molecule has 0 radical (unpaired) electrons. The van der Waals surface area contributed by atoms with E-state index in [4.69, 9.17) is 5.73 Å². The van der Waals surface area contributed by atoms with Crippen LogP contribution < -0.4 is 5.73 Å². The van der Waals surface area contributed by atoms with Crippen molar-refractivity contribution in [2.45, 2.75) is 43.2 Å². The predicted molar refractivity (Wildman–Crippen MR) is 116 cm³/mol. The number of hydrogen-bond acceptors (Lipinski definition) is 8. The minimum Gasteiger partial charge on any atom is -0.508 e. The zero-order valence-corrected chi connectivity index (χ0v) is 18.3. The number of aliphatic hydroxyl groups is 3. The Hall–Kier alpha value is -3.17. The van der Waals surface area contributed by atoms with Gasteiger partial charge >= 0.3 is 0 Å². The van der Waals surface area contributed by atoms with E-state index in [0.717, 1.165) is 24.0 Å². The number of phenolic OH excluding ortho intramolecular Hbond substituents is 1. The summed E-state index contributed by atoms with van der Waals surface area (Å²) >= 11 is 0. The van der Waals surface area contributed by atoms with Gasteiger partial charge in [0.2, 0.25) is 5.78 Å². The molecule has 4 aliphatic carbocycles. The Morgan fingerprint density at radius 2 is 1.85 bits per heavy atom. The van der Waals surface area contributed by atoms with Crippen LogP contribution in [0.1, 0.15) is 41.9 Å². The van der Waals surface area contributed by atoms with Crippen LogP contribution in [0.15, 0.2) is 29.0 Å². The number of benzene rings is 1. The van der Waals surface area contributed by atoms with Gasteiger partial charge in [0.05, 0.1) is 11.6 Å². The molecule has 5 rings (SSSR count). The Kier molecular flexibility index (Phi) is 4.54. The van der Waals surface area contributed by atoms with Gasteiger partial charge in [0.15, 0.2) is 11.4 Å². The van der Waals surface area contributed by atoms with E-state index in [0.29, 0.717) is 6.42 Å². The van der Waals surface area contributed by atoms with Gasteiger partial charge in [-0.25, -0.2) is 0 Å². The van der Waals surface area contributed by atoms with Gasteiger partial charge in [-0.2, -0.15) is 0 Å². The molecule has 0 aromatic heterocycles. The van der Waals surface area contributed by atoms with Crippen molar-refractivity contribution < 1.29 is 34.8 Å². The molecule has 174 valence electrons. The lowest BCUT2D eigenvalue weighted by Crippen LogP contribution is -2.66. The van der Waals surface area contributed by atoms with Gasteiger partial charge in [-0.15, -0.1) is 0 Å². The van der Waals surface area contributed by atoms with Gasteiger partial charge in [-0.05, 0) is 68.8 Å². The van der Waals surface area contributed by atoms with Crippen LogP contribution in [0, 0.1) is 11.8 Å². The van der Waals surface area contributed by atoms with Gasteiger partial charge < -0.3 is 26.2 Å². The summed E-state index contributed by atoms with van der Waals surface area (Å²) in [4.78, 5) is 40.5. The predicted octanol–water partition coefficient (Wildman–Crippen LogP) is 0.841. The van der Waals surface area contributed by atoms with E-state index < -0.39 is 58.0 Å². The third-order valence-corrected chi connectivity index (χ3v) is 7.93. The number of amides is 1. The number of nitrogens with two attached hydrogens (primary N) is 1. The number of nitrogens with zero attached hydrogens (tertiary/aromatic N) is 1. The molecule has 33 heavy (non-hydrogen) atoms. The molecular formula is C24H26N2O7. The van der Waals surface area contributed by atoms with E-state index in [1.165, 1.54) is 11.0 Å². The number of carbonyl (C=O) groups excluding carboxylic acids is 3. The first-order valence-corrected chi connectivity index (χ1v) is 11.0. The second kappa shape index (κ2) is 6.91. The van der Waals surface area contributed by atoms with Crippen LogP contribution in [0.4, 0.5) is 0 Å². The minimum absolute atomic E-state index is 0.0946. The van der Waals surface area contributed by atoms with Crippen LogP contribution in [-0.4, -0.2) is 68.5 Å². The molecule has 1 aromatic rings. The van der Waals surface area contributed by atoms with Gasteiger partial charge in [-0.1, -0.05) is 6.07 Å². The van der Waals surface area contributed by atoms with E-state index >= 15 is 0 Å². The number of aromatic hydroxyl groups is 1. The third-order valence-electron chi connectivity index (χ3n) is 7.93. The fourth-order valence-corrected chi connectivity index (χ4v) is 6.60. The Labute approximate surface area is 189 Å². The second-order valence-corrected chi connectivity index (χ2v) is 9.70. The highest BCUT2D eigenvalue weighted by molar-refractivity contribution is 6.24. The molecule has 6 N–H and O–H groups in total. The molecule has 1 fully saturated rings. The van der Waals surface area contributed by atoms with Crippen LogP contribution in [0.3, 0.4) is 0 Å². The number of fused-ring (bicyclic) bond motifs is 3. The largest absolute Gasteiger partial charge is 0.508 e. The lowest BCUT2D eigenvalue weighted by molar-refractivity contribution is -0.154. The van der Waals surface area contributed by atoms with Crippen molar-refractivity contribution in [2.75, 3.05) is 14.1 Å². The molecule has 1 aromatic carbocycles. The smallest absolute Gasteiger partial charge is 0.255 e. The van der Waals surface area contributed by atoms with Crippen molar-refractivity contribution >= 4 is 23.2 Å². The number of rotatable bonds is 2. The van der Waals surface area contributed by atoms with Crippen molar-refractivity contribution in [3.05, 3.63) is 45.7 Å². The fraction of sp³-hybridized carbons (Fsp3) is 0.458. The van der Waals surface area contributed by atoms with Crippen LogP contribution in [0.25, 0.3) is 5.76 Å². The molecule has 9 heteroatoms. The number of hydrogen-bond donors (Lipinski definition) is 5. The van der Waals surface area contributed by atoms with E-state index in [2.05, 4.69) is 0 Å². The molecule has 0 saturated heterocycles. The summed E-state index contributed by atoms with van der Waals surface area (Å²) in [7, 11) is 3.17. The van der Waals surface area contributed by atoms with E-state index in [1.807, 2.05) is 6.07 Å². The molecule has 4 aliphatic rings. The van der Waals surface area contributed by atoms with Gasteiger partial charge in [0.1, 0.15) is 22.8 Å². The number of primary amides is 1. The van der Waals surface area contributed by atoms with Gasteiger partial charge in [0.25, 0.3) is 5.91 Å². The first-order valence-electron chi connectivity index (χ1n) is 11.0.